The van der Waals surface area contributed by atoms with Gasteiger partial charge in [-0.3, -0.25) is 0 Å². The van der Waals surface area contributed by atoms with E-state index in [-0.39, 0.29) is 0 Å². The topological polar surface area (TPSA) is 100 Å². The summed E-state index contributed by atoms with van der Waals surface area (Å²) in [6, 6.07) is 4.92. The molecule has 2 heterocycles. The lowest BCUT2D eigenvalue weighted by Gasteiger charge is -2.35. The van der Waals surface area contributed by atoms with E-state index in [9.17, 15) is 13.2 Å². The van der Waals surface area contributed by atoms with Crippen LogP contribution in [0.1, 0.15) is 40.5 Å². The first kappa shape index (κ1) is 29.2. The van der Waals surface area contributed by atoms with E-state index in [0.29, 0.717) is 23.6 Å². The quantitative estimate of drug-likeness (QED) is 0.529. The van der Waals surface area contributed by atoms with Gasteiger partial charge in [0.15, 0.2) is 11.5 Å². The molecule has 0 aliphatic carbocycles. The first-order valence-corrected chi connectivity index (χ1v) is 11.9. The van der Waals surface area contributed by atoms with Crippen LogP contribution in [0.2, 0.25) is 0 Å². The van der Waals surface area contributed by atoms with Crippen molar-refractivity contribution in [2.24, 2.45) is 0 Å². The van der Waals surface area contributed by atoms with Gasteiger partial charge in [0.05, 0.1) is 19.7 Å². The van der Waals surface area contributed by atoms with Crippen LogP contribution in [0.25, 0.3) is 10.9 Å². The number of aliphatic carboxylic acids is 1. The Morgan fingerprint density at radius 1 is 1.14 bits per heavy atom. The molecule has 0 unspecified atom stereocenters. The van der Waals surface area contributed by atoms with E-state index in [1.807, 2.05) is 12.1 Å². The third kappa shape index (κ3) is 7.49. The summed E-state index contributed by atoms with van der Waals surface area (Å²) in [7, 11) is 3.31. The van der Waals surface area contributed by atoms with E-state index in [2.05, 4.69) is 42.8 Å². The molecule has 0 atom stereocenters. The smallest absolute Gasteiger partial charge is 0.490 e. The fourth-order valence-electron chi connectivity index (χ4n) is 3.95. The minimum absolute atomic E-state index is 0.403. The maximum absolute atomic E-state index is 10.6. The molecule has 2 N–H and O–H groups in total. The van der Waals surface area contributed by atoms with Crippen molar-refractivity contribution < 1.29 is 32.5 Å². The molecule has 0 bridgehead atoms. The Hall–Kier alpha value is -3.02. The van der Waals surface area contributed by atoms with E-state index in [1.54, 1.807) is 14.2 Å². The molecule has 1 saturated heterocycles. The number of carboxylic acids is 1. The van der Waals surface area contributed by atoms with E-state index in [0.717, 1.165) is 61.7 Å². The second-order valence-corrected chi connectivity index (χ2v) is 8.62. The Labute approximate surface area is 209 Å². The summed E-state index contributed by atoms with van der Waals surface area (Å²) in [6.45, 7) is 12.7. The number of hydrogen-bond donors (Lipinski definition) is 2. The molecular weight excluding hydrogens is 479 g/mol. The summed E-state index contributed by atoms with van der Waals surface area (Å²) in [4.78, 5) is 23.3. The van der Waals surface area contributed by atoms with Crippen molar-refractivity contribution in [3.63, 3.8) is 0 Å². The van der Waals surface area contributed by atoms with Gasteiger partial charge in [0.2, 0.25) is 5.95 Å². The third-order valence-electron chi connectivity index (χ3n) is 6.08. The van der Waals surface area contributed by atoms with Crippen molar-refractivity contribution >= 4 is 28.6 Å². The van der Waals surface area contributed by atoms with Gasteiger partial charge in [-0.15, -0.1) is 0 Å². The number of carbonyl (C=O) groups is 1. The number of nitrogens with zero attached hydrogens (tertiary/aromatic N) is 4. The summed E-state index contributed by atoms with van der Waals surface area (Å²) in [5.41, 5.74) is 0.863. The lowest BCUT2D eigenvalue weighted by Crippen LogP contribution is -2.42. The monoisotopic (exact) mass is 515 g/mol. The van der Waals surface area contributed by atoms with E-state index < -0.39 is 12.1 Å². The highest BCUT2D eigenvalue weighted by Gasteiger charge is 2.38. The average Bonchev–Trinajstić information content (AvgIpc) is 2.84. The summed E-state index contributed by atoms with van der Waals surface area (Å²) in [5.74, 6) is 0.238. The molecule has 1 aliphatic rings. The molecule has 1 aromatic carbocycles. The van der Waals surface area contributed by atoms with Crippen molar-refractivity contribution in [3.8, 4) is 11.5 Å². The molecule has 1 fully saturated rings. The lowest BCUT2D eigenvalue weighted by atomic mass is 10.0. The van der Waals surface area contributed by atoms with Gasteiger partial charge in [0.25, 0.3) is 0 Å². The molecule has 0 amide bonds. The summed E-state index contributed by atoms with van der Waals surface area (Å²) < 4.78 is 42.8. The number of nitrogens with one attached hydrogen (secondary N) is 1. The van der Waals surface area contributed by atoms with Gasteiger partial charge in [-0.2, -0.15) is 18.2 Å². The second kappa shape index (κ2) is 12.8. The van der Waals surface area contributed by atoms with E-state index in [4.69, 9.17) is 29.3 Å². The molecule has 0 saturated carbocycles. The van der Waals surface area contributed by atoms with Gasteiger partial charge >= 0.3 is 12.1 Å². The molecular formula is C24H36F3N5O4. The number of hydrogen-bond acceptors (Lipinski definition) is 8. The van der Waals surface area contributed by atoms with Crippen molar-refractivity contribution in [2.45, 2.75) is 58.8 Å². The number of halogens is 3. The van der Waals surface area contributed by atoms with Crippen molar-refractivity contribution in [2.75, 3.05) is 50.6 Å². The Bertz CT molecular complexity index is 1010. The number of fused-ring (bicyclic) bond motifs is 1. The van der Waals surface area contributed by atoms with Crippen LogP contribution in [0.3, 0.4) is 0 Å². The van der Waals surface area contributed by atoms with Crippen LogP contribution in [0.15, 0.2) is 12.1 Å². The first-order chi connectivity index (χ1) is 16.9. The lowest BCUT2D eigenvalue weighted by molar-refractivity contribution is -0.192. The van der Waals surface area contributed by atoms with Crippen molar-refractivity contribution in [1.82, 2.24) is 14.9 Å². The van der Waals surface area contributed by atoms with Gasteiger partial charge in [0.1, 0.15) is 5.82 Å². The number of anilines is 2. The number of ether oxygens (including phenoxy) is 2. The molecule has 0 radical (unpaired) electrons. The van der Waals surface area contributed by atoms with E-state index in [1.165, 1.54) is 0 Å². The van der Waals surface area contributed by atoms with Gasteiger partial charge in [-0.1, -0.05) is 0 Å². The van der Waals surface area contributed by atoms with Gasteiger partial charge in [-0.05, 0) is 46.6 Å². The predicted molar refractivity (Wildman–Crippen MR) is 133 cm³/mol. The predicted octanol–water partition coefficient (Wildman–Crippen LogP) is 4.41. The first-order valence-electron chi connectivity index (χ1n) is 11.9. The van der Waals surface area contributed by atoms with Crippen LogP contribution < -0.4 is 19.7 Å². The van der Waals surface area contributed by atoms with Crippen LogP contribution in [-0.2, 0) is 4.79 Å². The second-order valence-electron chi connectivity index (χ2n) is 8.62. The van der Waals surface area contributed by atoms with Crippen LogP contribution in [-0.4, -0.2) is 84.6 Å². The third-order valence-corrected chi connectivity index (χ3v) is 6.08. The Kier molecular flexibility index (Phi) is 10.4. The highest BCUT2D eigenvalue weighted by atomic mass is 19.4. The number of likely N-dealkylation sites (tertiary alicyclic amines) is 1. The fourth-order valence-corrected chi connectivity index (χ4v) is 3.95. The zero-order valence-electron chi connectivity index (χ0n) is 21.6. The van der Waals surface area contributed by atoms with Crippen LogP contribution in [0.4, 0.5) is 24.9 Å². The number of benzene rings is 1. The van der Waals surface area contributed by atoms with Gasteiger partial charge in [0, 0.05) is 49.7 Å². The highest BCUT2D eigenvalue weighted by molar-refractivity contribution is 5.93. The van der Waals surface area contributed by atoms with Crippen LogP contribution >= 0.6 is 0 Å². The Balaban J connectivity index is 0.000000572. The molecule has 3 rings (SSSR count). The minimum Gasteiger partial charge on any atom is -0.493 e. The molecule has 202 valence electrons. The molecule has 2 aromatic rings. The van der Waals surface area contributed by atoms with Crippen molar-refractivity contribution in [3.05, 3.63) is 12.1 Å². The zero-order chi connectivity index (χ0) is 27.0. The van der Waals surface area contributed by atoms with Gasteiger partial charge in [-0.25, -0.2) is 9.78 Å². The Morgan fingerprint density at radius 2 is 1.67 bits per heavy atom. The average molecular weight is 516 g/mol. The Morgan fingerprint density at radius 3 is 2.11 bits per heavy atom. The molecule has 36 heavy (non-hydrogen) atoms. The van der Waals surface area contributed by atoms with Gasteiger partial charge < -0.3 is 29.7 Å². The SMILES string of the molecule is CCN(CC)c1nc(NC2CCN(C(C)C)CC2)c2cc(OC)c(OC)cc2n1.O=C(O)C(F)(F)F. The highest BCUT2D eigenvalue weighted by Crippen LogP contribution is 2.35. The number of rotatable bonds is 8. The number of piperidine rings is 1. The zero-order valence-corrected chi connectivity index (χ0v) is 21.6. The van der Waals surface area contributed by atoms with E-state index >= 15 is 0 Å². The van der Waals surface area contributed by atoms with Crippen LogP contribution in [0.5, 0.6) is 11.5 Å². The fraction of sp³-hybridized carbons (Fsp3) is 0.625. The minimum atomic E-state index is -5.08. The summed E-state index contributed by atoms with van der Waals surface area (Å²) >= 11 is 0. The summed E-state index contributed by atoms with van der Waals surface area (Å²) in [5, 5.41) is 11.8. The molecule has 9 nitrogen and oxygen atoms in total. The number of methoxy groups -OCH3 is 2. The number of carboxylic acid groups (broad SMARTS) is 1. The molecule has 12 heteroatoms. The summed E-state index contributed by atoms with van der Waals surface area (Å²) in [6.07, 6.45) is -2.87. The molecule has 0 spiro atoms. The maximum Gasteiger partial charge on any atom is 0.490 e. The normalized spacial score (nSPS) is 14.8. The van der Waals surface area contributed by atoms with Crippen LogP contribution in [0, 0.1) is 0 Å². The largest absolute Gasteiger partial charge is 0.493 e. The standard InChI is InChI=1S/C22H35N5O2.C2HF3O2/c1-7-26(8-2)22-24-18-14-20(29-6)19(28-5)13-17(18)21(25-22)23-16-9-11-27(12-10-16)15(3)4;3-2(4,5)1(6)7/h13-16H,7-12H2,1-6H3,(H,23,24,25);(H,6,7). The van der Waals surface area contributed by atoms with Crippen molar-refractivity contribution in [1.29, 1.82) is 0 Å². The molecule has 1 aliphatic heterocycles. The molecule has 1 aromatic heterocycles. The maximum atomic E-state index is 10.6. The number of aromatic nitrogens is 2. The number of alkyl halides is 3.